The number of nitrogens with zero attached hydrogens (tertiary/aromatic N) is 2. The van der Waals surface area contributed by atoms with Crippen LogP contribution in [0.4, 0.5) is 0 Å². The van der Waals surface area contributed by atoms with Crippen LogP contribution in [0, 0.1) is 0 Å². The summed E-state index contributed by atoms with van der Waals surface area (Å²) in [5.74, 6) is 1.34. The van der Waals surface area contributed by atoms with E-state index in [9.17, 15) is 10.0 Å². The van der Waals surface area contributed by atoms with Gasteiger partial charge in [0.05, 0.1) is 0 Å². The number of hydrogen-bond donors (Lipinski definition) is 2. The normalized spacial score (nSPS) is 10.9. The average Bonchev–Trinajstić information content (AvgIpc) is 2.77. The molecule has 1 aromatic carbocycles. The van der Waals surface area contributed by atoms with Crippen LogP contribution >= 0.6 is 0 Å². The predicted molar refractivity (Wildman–Crippen MR) is 71.7 cm³/mol. The molecule has 2 aromatic rings. The van der Waals surface area contributed by atoms with Crippen molar-refractivity contribution < 1.29 is 10.0 Å². The fourth-order valence-corrected chi connectivity index (χ4v) is 2.07. The fourth-order valence-electron chi connectivity index (χ4n) is 2.07. The number of hydrogen-bond acceptors (Lipinski definition) is 3. The van der Waals surface area contributed by atoms with Gasteiger partial charge in [0.15, 0.2) is 0 Å². The Morgan fingerprint density at radius 2 is 2.00 bits per heavy atom. The molecule has 2 rings (SSSR count). The van der Waals surface area contributed by atoms with E-state index in [1.807, 2.05) is 22.9 Å². The Bertz CT molecular complexity index is 523. The molecule has 0 saturated heterocycles. The highest BCUT2D eigenvalue weighted by Gasteiger charge is 2.16. The molecule has 0 saturated carbocycles. The summed E-state index contributed by atoms with van der Waals surface area (Å²) in [5, 5.41) is 18.7. The van der Waals surface area contributed by atoms with Gasteiger partial charge >= 0.3 is 7.12 Å². The molecule has 0 fully saturated rings. The molecule has 0 aliphatic carbocycles. The lowest BCUT2D eigenvalue weighted by Gasteiger charge is -2.13. The maximum Gasteiger partial charge on any atom is 0.488 e. The summed E-state index contributed by atoms with van der Waals surface area (Å²) in [6.45, 7) is 4.78. The van der Waals surface area contributed by atoms with E-state index in [2.05, 4.69) is 18.8 Å². The zero-order valence-electron chi connectivity index (χ0n) is 10.6. The highest BCUT2D eigenvalue weighted by Crippen LogP contribution is 2.13. The second-order valence-corrected chi connectivity index (χ2v) is 4.64. The highest BCUT2D eigenvalue weighted by atomic mass is 16.4. The highest BCUT2D eigenvalue weighted by molar-refractivity contribution is 6.59. The summed E-state index contributed by atoms with van der Waals surface area (Å²) in [4.78, 5) is 4.32. The van der Waals surface area contributed by atoms with Crippen LogP contribution in [-0.4, -0.2) is 26.7 Å². The van der Waals surface area contributed by atoms with E-state index in [-0.39, 0.29) is 0 Å². The van der Waals surface area contributed by atoms with Gasteiger partial charge in [0.25, 0.3) is 0 Å². The van der Waals surface area contributed by atoms with Gasteiger partial charge in [0.1, 0.15) is 5.82 Å². The van der Waals surface area contributed by atoms with Crippen molar-refractivity contribution in [3.63, 3.8) is 0 Å². The molecular formula is C13H17BN2O2. The molecule has 0 unspecified atom stereocenters. The van der Waals surface area contributed by atoms with Gasteiger partial charge < -0.3 is 14.6 Å². The molecule has 18 heavy (non-hydrogen) atoms. The summed E-state index contributed by atoms with van der Waals surface area (Å²) in [7, 11) is -1.44. The Kier molecular flexibility index (Phi) is 3.84. The maximum absolute atomic E-state index is 9.34. The summed E-state index contributed by atoms with van der Waals surface area (Å²) in [5.41, 5.74) is 1.44. The van der Waals surface area contributed by atoms with Gasteiger partial charge in [-0.1, -0.05) is 38.1 Å². The molecule has 5 heteroatoms. The maximum atomic E-state index is 9.34. The summed E-state index contributed by atoms with van der Waals surface area (Å²) in [6.07, 6.45) is 3.68. The van der Waals surface area contributed by atoms with Crippen LogP contribution in [-0.2, 0) is 6.54 Å². The fraction of sp³-hybridized carbons (Fsp3) is 0.308. The van der Waals surface area contributed by atoms with Crippen LogP contribution in [0.2, 0.25) is 0 Å². The lowest BCUT2D eigenvalue weighted by Crippen LogP contribution is -2.33. The first kappa shape index (κ1) is 12.9. The lowest BCUT2D eigenvalue weighted by atomic mass is 9.77. The van der Waals surface area contributed by atoms with Crippen molar-refractivity contribution in [2.75, 3.05) is 0 Å². The lowest BCUT2D eigenvalue weighted by molar-refractivity contribution is 0.425. The number of benzene rings is 1. The first-order valence-corrected chi connectivity index (χ1v) is 6.04. The zero-order chi connectivity index (χ0) is 13.1. The Morgan fingerprint density at radius 3 is 2.67 bits per heavy atom. The van der Waals surface area contributed by atoms with E-state index >= 15 is 0 Å². The van der Waals surface area contributed by atoms with Gasteiger partial charge in [0, 0.05) is 24.9 Å². The van der Waals surface area contributed by atoms with Crippen LogP contribution in [0.15, 0.2) is 36.7 Å². The quantitative estimate of drug-likeness (QED) is 0.779. The number of rotatable bonds is 4. The molecule has 0 bridgehead atoms. The molecule has 0 spiro atoms. The molecule has 0 atom stereocenters. The first-order chi connectivity index (χ1) is 8.59. The van der Waals surface area contributed by atoms with Crippen LogP contribution in [0.1, 0.15) is 31.2 Å². The van der Waals surface area contributed by atoms with E-state index in [4.69, 9.17) is 0 Å². The van der Waals surface area contributed by atoms with Gasteiger partial charge in [-0.05, 0) is 11.0 Å². The van der Waals surface area contributed by atoms with Crippen molar-refractivity contribution in [2.24, 2.45) is 0 Å². The van der Waals surface area contributed by atoms with Crippen molar-refractivity contribution in [2.45, 2.75) is 26.3 Å². The molecular weight excluding hydrogens is 227 g/mol. The average molecular weight is 244 g/mol. The van der Waals surface area contributed by atoms with Crippen molar-refractivity contribution >= 4 is 12.6 Å². The summed E-state index contributed by atoms with van der Waals surface area (Å²) in [6, 6.07) is 7.33. The molecule has 0 aliphatic rings. The second-order valence-electron chi connectivity index (χ2n) is 4.64. The SMILES string of the molecule is CC(C)c1nccn1Cc1ccccc1B(O)O. The van der Waals surface area contributed by atoms with Gasteiger partial charge in [-0.2, -0.15) is 0 Å². The van der Waals surface area contributed by atoms with Crippen LogP contribution in [0.5, 0.6) is 0 Å². The third kappa shape index (κ3) is 2.63. The topological polar surface area (TPSA) is 58.3 Å². The minimum atomic E-state index is -1.44. The molecule has 1 aromatic heterocycles. The smallest absolute Gasteiger partial charge is 0.423 e. The molecule has 1 heterocycles. The third-order valence-corrected chi connectivity index (χ3v) is 2.94. The Morgan fingerprint density at radius 1 is 1.28 bits per heavy atom. The monoisotopic (exact) mass is 244 g/mol. The summed E-state index contributed by atoms with van der Waals surface area (Å²) < 4.78 is 2.03. The largest absolute Gasteiger partial charge is 0.488 e. The zero-order valence-corrected chi connectivity index (χ0v) is 10.6. The number of aromatic nitrogens is 2. The van der Waals surface area contributed by atoms with Crippen LogP contribution in [0.3, 0.4) is 0 Å². The Hall–Kier alpha value is -1.59. The van der Waals surface area contributed by atoms with Crippen LogP contribution in [0.25, 0.3) is 0 Å². The second kappa shape index (κ2) is 5.37. The van der Waals surface area contributed by atoms with Gasteiger partial charge in [-0.3, -0.25) is 0 Å². The van der Waals surface area contributed by atoms with E-state index in [0.29, 0.717) is 17.9 Å². The molecule has 0 aliphatic heterocycles. The van der Waals surface area contributed by atoms with Crippen molar-refractivity contribution in [3.8, 4) is 0 Å². The molecule has 4 nitrogen and oxygen atoms in total. The van der Waals surface area contributed by atoms with E-state index in [1.54, 1.807) is 18.3 Å². The predicted octanol–water partition coefficient (Wildman–Crippen LogP) is 0.735. The minimum absolute atomic E-state index is 0.339. The number of imidazole rings is 1. The Balaban J connectivity index is 2.31. The summed E-state index contributed by atoms with van der Waals surface area (Å²) >= 11 is 0. The van der Waals surface area contributed by atoms with Gasteiger partial charge in [-0.15, -0.1) is 0 Å². The standard InChI is InChI=1S/C13H17BN2O2/c1-10(2)13-15-7-8-16(13)9-11-5-3-4-6-12(11)14(17)18/h3-8,10,17-18H,9H2,1-2H3. The Labute approximate surface area is 107 Å². The van der Waals surface area contributed by atoms with Crippen molar-refractivity contribution in [3.05, 3.63) is 48.0 Å². The van der Waals surface area contributed by atoms with E-state index in [1.165, 1.54) is 0 Å². The van der Waals surface area contributed by atoms with Gasteiger partial charge in [0.2, 0.25) is 0 Å². The molecule has 0 radical (unpaired) electrons. The van der Waals surface area contributed by atoms with Crippen molar-refractivity contribution in [1.82, 2.24) is 9.55 Å². The molecule has 0 amide bonds. The van der Waals surface area contributed by atoms with E-state index < -0.39 is 7.12 Å². The van der Waals surface area contributed by atoms with Crippen molar-refractivity contribution in [1.29, 1.82) is 0 Å². The van der Waals surface area contributed by atoms with Crippen LogP contribution < -0.4 is 5.46 Å². The molecule has 94 valence electrons. The van der Waals surface area contributed by atoms with Gasteiger partial charge in [-0.25, -0.2) is 4.98 Å². The minimum Gasteiger partial charge on any atom is -0.423 e. The van der Waals surface area contributed by atoms with E-state index in [0.717, 1.165) is 11.4 Å². The first-order valence-electron chi connectivity index (χ1n) is 6.04. The third-order valence-electron chi connectivity index (χ3n) is 2.94. The molecule has 2 N–H and O–H groups in total.